The van der Waals surface area contributed by atoms with Gasteiger partial charge in [0.05, 0.1) is 23.1 Å². The molecule has 0 N–H and O–H groups in total. The van der Waals surface area contributed by atoms with E-state index in [-0.39, 0.29) is 17.0 Å². The van der Waals surface area contributed by atoms with Gasteiger partial charge in [0.15, 0.2) is 0 Å². The van der Waals surface area contributed by atoms with Crippen LogP contribution in [-0.4, -0.2) is 6.61 Å². The molecule has 0 aliphatic carbocycles. The van der Waals surface area contributed by atoms with Crippen LogP contribution >= 0.6 is 11.6 Å². The molecule has 1 heterocycles. The molecule has 2 unspecified atom stereocenters. The third kappa shape index (κ3) is 1.97. The Morgan fingerprint density at radius 3 is 3.00 bits per heavy atom. The monoisotopic (exact) mass is 225 g/mol. The second-order valence-corrected chi connectivity index (χ2v) is 3.90. The van der Waals surface area contributed by atoms with Crippen molar-refractivity contribution in [3.05, 3.63) is 34.6 Å². The van der Waals surface area contributed by atoms with Crippen LogP contribution in [0.2, 0.25) is 5.02 Å². The van der Waals surface area contributed by atoms with E-state index in [0.717, 1.165) is 12.0 Å². The largest absolute Gasteiger partial charge is 0.372 e. The van der Waals surface area contributed by atoms with Crippen molar-refractivity contribution in [1.82, 2.24) is 0 Å². The number of ether oxygens (including phenoxy) is 1. The number of rotatable bonds is 1. The maximum Gasteiger partial charge on any atom is 0.141 e. The molecule has 2 rings (SSSR count). The van der Waals surface area contributed by atoms with Crippen molar-refractivity contribution in [2.75, 3.05) is 6.61 Å². The van der Waals surface area contributed by atoms with Gasteiger partial charge in [-0.2, -0.15) is 5.26 Å². The lowest BCUT2D eigenvalue weighted by atomic mass is 9.97. The predicted octanol–water partition coefficient (Wildman–Crippen LogP) is 3.08. The van der Waals surface area contributed by atoms with Crippen LogP contribution < -0.4 is 0 Å². The highest BCUT2D eigenvalue weighted by atomic mass is 35.5. The third-order valence-electron chi connectivity index (χ3n) is 2.53. The molecule has 1 fully saturated rings. The average Bonchev–Trinajstić information content (AvgIpc) is 2.70. The standard InChI is InChI=1S/C11H9ClFNO/c12-9-5-7(1-2-10(9)13)11-8(6-14)3-4-15-11/h1-2,5,8,11H,3-4H2. The Hall–Kier alpha value is -1.11. The van der Waals surface area contributed by atoms with Crippen molar-refractivity contribution in [2.45, 2.75) is 12.5 Å². The van der Waals surface area contributed by atoms with Crippen LogP contribution in [0.15, 0.2) is 18.2 Å². The highest BCUT2D eigenvalue weighted by Gasteiger charge is 2.29. The fourth-order valence-electron chi connectivity index (χ4n) is 1.74. The van der Waals surface area contributed by atoms with Gasteiger partial charge >= 0.3 is 0 Å². The summed E-state index contributed by atoms with van der Waals surface area (Å²) >= 11 is 5.67. The van der Waals surface area contributed by atoms with Gasteiger partial charge in [0.1, 0.15) is 5.82 Å². The van der Waals surface area contributed by atoms with Gasteiger partial charge in [-0.1, -0.05) is 17.7 Å². The topological polar surface area (TPSA) is 33.0 Å². The third-order valence-corrected chi connectivity index (χ3v) is 2.82. The van der Waals surface area contributed by atoms with E-state index in [2.05, 4.69) is 6.07 Å². The van der Waals surface area contributed by atoms with E-state index in [1.54, 1.807) is 6.07 Å². The molecule has 1 aromatic rings. The zero-order valence-corrected chi connectivity index (χ0v) is 8.67. The first-order valence-corrected chi connectivity index (χ1v) is 5.06. The van der Waals surface area contributed by atoms with Crippen LogP contribution in [0.3, 0.4) is 0 Å². The van der Waals surface area contributed by atoms with E-state index in [4.69, 9.17) is 21.6 Å². The molecule has 0 bridgehead atoms. The van der Waals surface area contributed by atoms with Crippen molar-refractivity contribution in [2.24, 2.45) is 5.92 Å². The van der Waals surface area contributed by atoms with Crippen LogP contribution in [0.1, 0.15) is 18.1 Å². The lowest BCUT2D eigenvalue weighted by molar-refractivity contribution is 0.101. The summed E-state index contributed by atoms with van der Waals surface area (Å²) < 4.78 is 18.4. The minimum Gasteiger partial charge on any atom is -0.372 e. The molecule has 1 aliphatic heterocycles. The lowest BCUT2D eigenvalue weighted by Crippen LogP contribution is -2.05. The fraction of sp³-hybridized carbons (Fsp3) is 0.364. The van der Waals surface area contributed by atoms with Gasteiger partial charge in [-0.15, -0.1) is 0 Å². The number of nitrogens with zero attached hydrogens (tertiary/aromatic N) is 1. The number of hydrogen-bond donors (Lipinski definition) is 0. The average molecular weight is 226 g/mol. The summed E-state index contributed by atoms with van der Waals surface area (Å²) in [5.41, 5.74) is 0.769. The first-order valence-electron chi connectivity index (χ1n) is 4.68. The zero-order valence-electron chi connectivity index (χ0n) is 7.91. The summed E-state index contributed by atoms with van der Waals surface area (Å²) in [5.74, 6) is -0.613. The molecule has 1 saturated heterocycles. The molecule has 1 aromatic carbocycles. The molecule has 0 saturated carbocycles. The van der Waals surface area contributed by atoms with Crippen molar-refractivity contribution in [3.8, 4) is 6.07 Å². The number of benzene rings is 1. The molecule has 1 aliphatic rings. The van der Waals surface area contributed by atoms with Crippen LogP contribution in [0.25, 0.3) is 0 Å². The molecule has 2 nitrogen and oxygen atoms in total. The molecule has 0 aromatic heterocycles. The number of halogens is 2. The highest BCUT2D eigenvalue weighted by Crippen LogP contribution is 2.35. The summed E-state index contributed by atoms with van der Waals surface area (Å²) in [6.45, 7) is 0.567. The number of hydrogen-bond acceptors (Lipinski definition) is 2. The smallest absolute Gasteiger partial charge is 0.141 e. The Morgan fingerprint density at radius 1 is 1.53 bits per heavy atom. The predicted molar refractivity (Wildman–Crippen MR) is 53.8 cm³/mol. The molecule has 78 valence electrons. The SMILES string of the molecule is N#CC1CCOC1c1ccc(F)c(Cl)c1. The van der Waals surface area contributed by atoms with Crippen LogP contribution in [0.5, 0.6) is 0 Å². The van der Waals surface area contributed by atoms with Gasteiger partial charge in [-0.25, -0.2) is 4.39 Å². The minimum atomic E-state index is -0.452. The van der Waals surface area contributed by atoms with Crippen LogP contribution in [-0.2, 0) is 4.74 Å². The summed E-state index contributed by atoms with van der Waals surface area (Å²) in [6, 6.07) is 6.62. The van der Waals surface area contributed by atoms with E-state index in [1.807, 2.05) is 0 Å². The Bertz CT molecular complexity index is 416. The van der Waals surface area contributed by atoms with Gasteiger partial charge in [-0.3, -0.25) is 0 Å². The van der Waals surface area contributed by atoms with E-state index >= 15 is 0 Å². The molecule has 4 heteroatoms. The second kappa shape index (κ2) is 4.18. The zero-order chi connectivity index (χ0) is 10.8. The Balaban J connectivity index is 2.30. The molecule has 0 spiro atoms. The Morgan fingerprint density at radius 2 is 2.33 bits per heavy atom. The van der Waals surface area contributed by atoms with Crippen molar-refractivity contribution >= 4 is 11.6 Å². The molecule has 2 atom stereocenters. The molecular weight excluding hydrogens is 217 g/mol. The number of nitriles is 1. The second-order valence-electron chi connectivity index (χ2n) is 3.49. The summed E-state index contributed by atoms with van der Waals surface area (Å²) in [5, 5.41) is 8.95. The maximum atomic E-state index is 12.9. The lowest BCUT2D eigenvalue weighted by Gasteiger charge is -2.13. The van der Waals surface area contributed by atoms with Crippen molar-refractivity contribution < 1.29 is 9.13 Å². The van der Waals surface area contributed by atoms with E-state index in [1.165, 1.54) is 12.1 Å². The van der Waals surface area contributed by atoms with E-state index < -0.39 is 5.82 Å². The molecule has 15 heavy (non-hydrogen) atoms. The van der Waals surface area contributed by atoms with Gasteiger partial charge in [0, 0.05) is 6.61 Å². The normalized spacial score (nSPS) is 25.1. The summed E-state index contributed by atoms with van der Waals surface area (Å²) in [4.78, 5) is 0. The van der Waals surface area contributed by atoms with Crippen LogP contribution in [0.4, 0.5) is 4.39 Å². The quantitative estimate of drug-likeness (QED) is 0.736. The molecule has 0 amide bonds. The first kappa shape index (κ1) is 10.4. The van der Waals surface area contributed by atoms with Crippen molar-refractivity contribution in [1.29, 1.82) is 5.26 Å². The first-order chi connectivity index (χ1) is 7.22. The van der Waals surface area contributed by atoms with Crippen molar-refractivity contribution in [3.63, 3.8) is 0 Å². The fourth-order valence-corrected chi connectivity index (χ4v) is 1.93. The summed E-state index contributed by atoms with van der Waals surface area (Å²) in [6.07, 6.45) is 0.448. The van der Waals surface area contributed by atoms with Gasteiger partial charge < -0.3 is 4.74 Å². The van der Waals surface area contributed by atoms with Gasteiger partial charge in [-0.05, 0) is 24.1 Å². The maximum absolute atomic E-state index is 12.9. The minimum absolute atomic E-state index is 0.0692. The van der Waals surface area contributed by atoms with E-state index in [9.17, 15) is 4.39 Å². The van der Waals surface area contributed by atoms with Crippen LogP contribution in [0, 0.1) is 23.1 Å². The van der Waals surface area contributed by atoms with Gasteiger partial charge in [0.2, 0.25) is 0 Å². The van der Waals surface area contributed by atoms with Gasteiger partial charge in [0.25, 0.3) is 0 Å². The highest BCUT2D eigenvalue weighted by molar-refractivity contribution is 6.30. The van der Waals surface area contributed by atoms with E-state index in [0.29, 0.717) is 6.61 Å². The molecular formula is C11H9ClFNO. The molecule has 0 radical (unpaired) electrons. The Kier molecular flexibility index (Phi) is 2.90. The Labute approximate surface area is 92.2 Å². The summed E-state index contributed by atoms with van der Waals surface area (Å²) in [7, 11) is 0.